The van der Waals surface area contributed by atoms with Gasteiger partial charge in [0.05, 0.1) is 12.2 Å². The number of likely N-dealkylation sites (N-methyl/N-ethyl adjacent to an activating group) is 1. The average molecular weight is 237 g/mol. The minimum Gasteiger partial charge on any atom is -0.494 e. The Bertz CT molecular complexity index is 306. The van der Waals surface area contributed by atoms with Gasteiger partial charge < -0.3 is 14.7 Å². The van der Waals surface area contributed by atoms with E-state index in [1.807, 2.05) is 51.2 Å². The van der Waals surface area contributed by atoms with E-state index in [0.717, 1.165) is 18.7 Å². The van der Waals surface area contributed by atoms with Crippen LogP contribution in [-0.4, -0.2) is 42.4 Å². The van der Waals surface area contributed by atoms with Crippen LogP contribution in [0.1, 0.15) is 20.3 Å². The number of ether oxygens (including phenoxy) is 1. The smallest absolute Gasteiger partial charge is 0.119 e. The van der Waals surface area contributed by atoms with Gasteiger partial charge in [-0.05, 0) is 39.4 Å². The number of hydrogen-bond acceptors (Lipinski definition) is 3. The van der Waals surface area contributed by atoms with Crippen LogP contribution in [0.3, 0.4) is 0 Å². The summed E-state index contributed by atoms with van der Waals surface area (Å²) in [5.41, 5.74) is -0.630. The molecular formula is C14H23NO2. The number of hydrogen-bond donors (Lipinski definition) is 1. The molecule has 0 aromatic heterocycles. The van der Waals surface area contributed by atoms with Crippen LogP contribution in [0.25, 0.3) is 0 Å². The number of para-hydroxylation sites is 1. The maximum Gasteiger partial charge on any atom is 0.119 e. The molecule has 0 amide bonds. The van der Waals surface area contributed by atoms with E-state index in [9.17, 15) is 5.11 Å². The molecule has 96 valence electrons. The second-order valence-corrected chi connectivity index (χ2v) is 5.07. The number of benzene rings is 1. The highest BCUT2D eigenvalue weighted by Crippen LogP contribution is 2.09. The molecule has 1 N–H and O–H groups in total. The van der Waals surface area contributed by atoms with Gasteiger partial charge in [0.25, 0.3) is 0 Å². The zero-order chi connectivity index (χ0) is 12.7. The molecule has 0 saturated carbocycles. The first-order valence-electron chi connectivity index (χ1n) is 6.06. The maximum absolute atomic E-state index is 9.65. The number of aliphatic hydroxyl groups is 1. The summed E-state index contributed by atoms with van der Waals surface area (Å²) in [5, 5.41) is 9.65. The molecule has 0 aliphatic carbocycles. The van der Waals surface area contributed by atoms with Crippen LogP contribution < -0.4 is 4.74 Å². The van der Waals surface area contributed by atoms with Gasteiger partial charge in [0.15, 0.2) is 0 Å². The van der Waals surface area contributed by atoms with Crippen molar-refractivity contribution in [3.8, 4) is 5.75 Å². The third kappa shape index (κ3) is 6.97. The third-order valence-corrected chi connectivity index (χ3v) is 2.35. The standard InChI is InChI=1S/C14H23NO2/c1-14(2,16)12-15(3)10-7-11-17-13-8-5-4-6-9-13/h4-6,8-9,16H,7,10-12H2,1-3H3. The fraction of sp³-hybridized carbons (Fsp3) is 0.571. The van der Waals surface area contributed by atoms with Gasteiger partial charge in [-0.1, -0.05) is 18.2 Å². The molecule has 0 spiro atoms. The Morgan fingerprint density at radius 3 is 2.47 bits per heavy atom. The quantitative estimate of drug-likeness (QED) is 0.738. The van der Waals surface area contributed by atoms with Gasteiger partial charge in [-0.3, -0.25) is 0 Å². The molecule has 0 radical (unpaired) electrons. The van der Waals surface area contributed by atoms with Gasteiger partial charge in [0, 0.05) is 13.1 Å². The molecule has 1 rings (SSSR count). The second kappa shape index (κ2) is 6.62. The van der Waals surface area contributed by atoms with E-state index in [4.69, 9.17) is 4.74 Å². The minimum absolute atomic E-state index is 0.630. The van der Waals surface area contributed by atoms with Crippen LogP contribution in [-0.2, 0) is 0 Å². The van der Waals surface area contributed by atoms with Gasteiger partial charge >= 0.3 is 0 Å². The van der Waals surface area contributed by atoms with Crippen molar-refractivity contribution in [1.82, 2.24) is 4.90 Å². The van der Waals surface area contributed by atoms with Crippen LogP contribution in [0.15, 0.2) is 30.3 Å². The first-order valence-corrected chi connectivity index (χ1v) is 6.06. The normalized spacial score (nSPS) is 11.8. The highest BCUT2D eigenvalue weighted by Gasteiger charge is 2.14. The average Bonchev–Trinajstić information content (AvgIpc) is 2.23. The highest BCUT2D eigenvalue weighted by atomic mass is 16.5. The number of rotatable bonds is 7. The van der Waals surface area contributed by atoms with Crippen LogP contribution in [0.4, 0.5) is 0 Å². The van der Waals surface area contributed by atoms with Crippen molar-refractivity contribution in [3.63, 3.8) is 0 Å². The van der Waals surface area contributed by atoms with E-state index in [1.54, 1.807) is 0 Å². The van der Waals surface area contributed by atoms with Crippen LogP contribution in [0.5, 0.6) is 5.75 Å². The Balaban J connectivity index is 2.12. The molecule has 3 nitrogen and oxygen atoms in total. The molecule has 0 aliphatic heterocycles. The van der Waals surface area contributed by atoms with Crippen molar-refractivity contribution in [2.45, 2.75) is 25.9 Å². The van der Waals surface area contributed by atoms with E-state index in [2.05, 4.69) is 4.90 Å². The summed E-state index contributed by atoms with van der Waals surface area (Å²) >= 11 is 0. The topological polar surface area (TPSA) is 32.7 Å². The van der Waals surface area contributed by atoms with Crippen LogP contribution >= 0.6 is 0 Å². The van der Waals surface area contributed by atoms with E-state index in [1.165, 1.54) is 0 Å². The molecule has 1 aromatic rings. The molecule has 0 aliphatic rings. The molecule has 0 unspecified atom stereocenters. The molecule has 3 heteroatoms. The van der Waals surface area contributed by atoms with Crippen molar-refractivity contribution in [2.75, 3.05) is 26.7 Å². The number of nitrogens with zero attached hydrogens (tertiary/aromatic N) is 1. The second-order valence-electron chi connectivity index (χ2n) is 5.07. The van der Waals surface area contributed by atoms with E-state index in [-0.39, 0.29) is 0 Å². The Labute approximate surface area is 104 Å². The Morgan fingerprint density at radius 1 is 1.24 bits per heavy atom. The summed E-state index contributed by atoms with van der Waals surface area (Å²) < 4.78 is 5.60. The predicted molar refractivity (Wildman–Crippen MR) is 70.3 cm³/mol. The molecular weight excluding hydrogens is 214 g/mol. The monoisotopic (exact) mass is 237 g/mol. The van der Waals surface area contributed by atoms with Gasteiger partial charge in [0.2, 0.25) is 0 Å². The van der Waals surface area contributed by atoms with Crippen molar-refractivity contribution in [2.24, 2.45) is 0 Å². The largest absolute Gasteiger partial charge is 0.494 e. The van der Waals surface area contributed by atoms with Gasteiger partial charge in [-0.2, -0.15) is 0 Å². The van der Waals surface area contributed by atoms with Crippen LogP contribution in [0, 0.1) is 0 Å². The summed E-state index contributed by atoms with van der Waals surface area (Å²) in [4.78, 5) is 2.12. The summed E-state index contributed by atoms with van der Waals surface area (Å²) in [6.45, 7) is 5.96. The van der Waals surface area contributed by atoms with E-state index >= 15 is 0 Å². The molecule has 0 fully saturated rings. The van der Waals surface area contributed by atoms with Crippen molar-refractivity contribution in [3.05, 3.63) is 30.3 Å². The highest BCUT2D eigenvalue weighted by molar-refractivity contribution is 5.20. The lowest BCUT2D eigenvalue weighted by molar-refractivity contribution is 0.0433. The molecule has 0 heterocycles. The lowest BCUT2D eigenvalue weighted by atomic mass is 10.1. The van der Waals surface area contributed by atoms with Gasteiger partial charge in [-0.25, -0.2) is 0 Å². The van der Waals surface area contributed by atoms with Crippen molar-refractivity contribution >= 4 is 0 Å². The van der Waals surface area contributed by atoms with Crippen molar-refractivity contribution in [1.29, 1.82) is 0 Å². The summed E-state index contributed by atoms with van der Waals surface area (Å²) in [6.07, 6.45) is 0.960. The van der Waals surface area contributed by atoms with Gasteiger partial charge in [-0.15, -0.1) is 0 Å². The SMILES string of the molecule is CN(CCCOc1ccccc1)CC(C)(C)O. The van der Waals surface area contributed by atoms with E-state index in [0.29, 0.717) is 13.2 Å². The third-order valence-electron chi connectivity index (χ3n) is 2.35. The summed E-state index contributed by atoms with van der Waals surface area (Å²) in [5.74, 6) is 0.914. The molecule has 0 saturated heterocycles. The Kier molecular flexibility index (Phi) is 5.45. The first kappa shape index (κ1) is 14.0. The molecule has 0 bridgehead atoms. The van der Waals surface area contributed by atoms with Crippen LogP contribution in [0.2, 0.25) is 0 Å². The maximum atomic E-state index is 9.65. The Hall–Kier alpha value is -1.06. The zero-order valence-corrected chi connectivity index (χ0v) is 11.0. The fourth-order valence-corrected chi connectivity index (χ4v) is 1.78. The lowest BCUT2D eigenvalue weighted by Crippen LogP contribution is -2.37. The first-order chi connectivity index (χ1) is 7.97. The zero-order valence-electron chi connectivity index (χ0n) is 11.0. The van der Waals surface area contributed by atoms with Crippen molar-refractivity contribution < 1.29 is 9.84 Å². The van der Waals surface area contributed by atoms with Gasteiger partial charge in [0.1, 0.15) is 5.75 Å². The molecule has 1 aromatic carbocycles. The summed E-state index contributed by atoms with van der Waals surface area (Å²) in [7, 11) is 2.01. The lowest BCUT2D eigenvalue weighted by Gasteiger charge is -2.25. The molecule has 0 atom stereocenters. The molecule has 17 heavy (non-hydrogen) atoms. The fourth-order valence-electron chi connectivity index (χ4n) is 1.78. The predicted octanol–water partition coefficient (Wildman–Crippen LogP) is 2.16. The minimum atomic E-state index is -0.630. The van der Waals surface area contributed by atoms with E-state index < -0.39 is 5.60 Å². The summed E-state index contributed by atoms with van der Waals surface area (Å²) in [6, 6.07) is 9.83. The Morgan fingerprint density at radius 2 is 1.88 bits per heavy atom.